The second-order valence-electron chi connectivity index (χ2n) is 3.62. The van der Waals surface area contributed by atoms with Gasteiger partial charge in [-0.15, -0.1) is 0 Å². The maximum absolute atomic E-state index is 10.6. The van der Waals surface area contributed by atoms with E-state index in [0.29, 0.717) is 6.42 Å². The van der Waals surface area contributed by atoms with Gasteiger partial charge in [-0.2, -0.15) is 0 Å². The van der Waals surface area contributed by atoms with Gasteiger partial charge in [-0.25, -0.2) is 9.78 Å². The summed E-state index contributed by atoms with van der Waals surface area (Å²) < 4.78 is 6.88. The Kier molecular flexibility index (Phi) is 2.45. The van der Waals surface area contributed by atoms with E-state index in [-0.39, 0.29) is 6.10 Å². The molecule has 1 aromatic heterocycles. The smallest absolute Gasteiger partial charge is 0.404 e. The van der Waals surface area contributed by atoms with E-state index in [9.17, 15) is 4.79 Å². The molecule has 1 unspecified atom stereocenters. The van der Waals surface area contributed by atoms with Crippen LogP contribution in [-0.2, 0) is 11.8 Å². The van der Waals surface area contributed by atoms with E-state index in [1.54, 1.807) is 12.5 Å². The zero-order valence-corrected chi connectivity index (χ0v) is 8.51. The van der Waals surface area contributed by atoms with Crippen molar-refractivity contribution >= 4 is 11.7 Å². The molecule has 0 spiro atoms. The van der Waals surface area contributed by atoms with Gasteiger partial charge in [0.15, 0.2) is 0 Å². The summed E-state index contributed by atoms with van der Waals surface area (Å²) >= 11 is 0. The number of ether oxygens (including phenoxy) is 1. The Morgan fingerprint density at radius 3 is 3.13 bits per heavy atom. The zero-order valence-electron chi connectivity index (χ0n) is 8.51. The van der Waals surface area contributed by atoms with Crippen LogP contribution in [0.25, 0.3) is 5.57 Å². The standard InChI is InChI=1S/C10H13N3O2/c1-13-6-12-5-9(13)7-2-3-8(4-7)15-10(11)14/h2,5-6,8H,3-4H2,1H3,(H2,11,14). The molecule has 2 rings (SSSR count). The molecular weight excluding hydrogens is 194 g/mol. The second-order valence-corrected chi connectivity index (χ2v) is 3.62. The highest BCUT2D eigenvalue weighted by Crippen LogP contribution is 2.29. The maximum Gasteiger partial charge on any atom is 0.404 e. The molecule has 80 valence electrons. The highest BCUT2D eigenvalue weighted by atomic mass is 16.6. The maximum atomic E-state index is 10.6. The first-order valence-electron chi connectivity index (χ1n) is 4.78. The van der Waals surface area contributed by atoms with Crippen LogP contribution in [-0.4, -0.2) is 21.7 Å². The van der Waals surface area contributed by atoms with Crippen molar-refractivity contribution in [2.24, 2.45) is 12.8 Å². The molecule has 0 fully saturated rings. The molecule has 1 aliphatic carbocycles. The first-order chi connectivity index (χ1) is 7.16. The van der Waals surface area contributed by atoms with Gasteiger partial charge in [-0.1, -0.05) is 6.08 Å². The van der Waals surface area contributed by atoms with Gasteiger partial charge in [0.2, 0.25) is 0 Å². The summed E-state index contributed by atoms with van der Waals surface area (Å²) in [6, 6.07) is 0. The van der Waals surface area contributed by atoms with Gasteiger partial charge in [0, 0.05) is 19.9 Å². The largest absolute Gasteiger partial charge is 0.446 e. The quantitative estimate of drug-likeness (QED) is 0.788. The molecule has 1 amide bonds. The Bertz CT molecular complexity index is 409. The van der Waals surface area contributed by atoms with Gasteiger partial charge in [0.1, 0.15) is 6.10 Å². The summed E-state index contributed by atoms with van der Waals surface area (Å²) in [6.45, 7) is 0. The summed E-state index contributed by atoms with van der Waals surface area (Å²) in [4.78, 5) is 14.6. The van der Waals surface area contributed by atoms with Crippen LogP contribution in [0.2, 0.25) is 0 Å². The number of primary amides is 1. The van der Waals surface area contributed by atoms with E-state index >= 15 is 0 Å². The molecule has 5 heteroatoms. The number of amides is 1. The number of rotatable bonds is 2. The predicted octanol–water partition coefficient (Wildman–Crippen LogP) is 1.06. The van der Waals surface area contributed by atoms with Gasteiger partial charge in [0.25, 0.3) is 0 Å². The van der Waals surface area contributed by atoms with Crippen molar-refractivity contribution in [3.05, 3.63) is 24.3 Å². The third-order valence-electron chi connectivity index (χ3n) is 2.50. The van der Waals surface area contributed by atoms with E-state index in [2.05, 4.69) is 11.1 Å². The Hall–Kier alpha value is -1.78. The number of carbonyl (C=O) groups is 1. The third-order valence-corrected chi connectivity index (χ3v) is 2.50. The molecule has 0 aromatic carbocycles. The van der Waals surface area contributed by atoms with Crippen LogP contribution in [0.3, 0.4) is 0 Å². The fourth-order valence-electron chi connectivity index (χ4n) is 1.82. The summed E-state index contributed by atoms with van der Waals surface area (Å²) in [5.41, 5.74) is 7.18. The monoisotopic (exact) mass is 207 g/mol. The molecule has 0 saturated carbocycles. The van der Waals surface area contributed by atoms with Gasteiger partial charge >= 0.3 is 6.09 Å². The fourth-order valence-corrected chi connectivity index (χ4v) is 1.82. The van der Waals surface area contributed by atoms with E-state index in [4.69, 9.17) is 10.5 Å². The molecule has 1 aliphatic rings. The van der Waals surface area contributed by atoms with Crippen molar-refractivity contribution in [3.63, 3.8) is 0 Å². The van der Waals surface area contributed by atoms with Crippen molar-refractivity contribution in [1.82, 2.24) is 9.55 Å². The van der Waals surface area contributed by atoms with Crippen molar-refractivity contribution in [3.8, 4) is 0 Å². The molecule has 0 radical (unpaired) electrons. The van der Waals surface area contributed by atoms with Crippen LogP contribution in [0, 0.1) is 0 Å². The Morgan fingerprint density at radius 1 is 1.73 bits per heavy atom. The lowest BCUT2D eigenvalue weighted by Gasteiger charge is -2.09. The number of aryl methyl sites for hydroxylation is 1. The number of hydrogen-bond acceptors (Lipinski definition) is 3. The minimum atomic E-state index is -0.709. The van der Waals surface area contributed by atoms with E-state index in [1.165, 1.54) is 0 Å². The van der Waals surface area contributed by atoms with Crippen molar-refractivity contribution in [1.29, 1.82) is 0 Å². The summed E-state index contributed by atoms with van der Waals surface area (Å²) in [7, 11) is 1.94. The highest BCUT2D eigenvalue weighted by Gasteiger charge is 2.22. The van der Waals surface area contributed by atoms with E-state index in [0.717, 1.165) is 17.7 Å². The molecule has 0 aliphatic heterocycles. The number of aromatic nitrogens is 2. The third kappa shape index (κ3) is 2.01. The molecule has 1 atom stereocenters. The summed E-state index contributed by atoms with van der Waals surface area (Å²) in [5, 5.41) is 0. The lowest BCUT2D eigenvalue weighted by molar-refractivity contribution is 0.114. The van der Waals surface area contributed by atoms with Crippen molar-refractivity contribution in [2.75, 3.05) is 0 Å². The lowest BCUT2D eigenvalue weighted by Crippen LogP contribution is -2.20. The molecule has 1 heterocycles. The van der Waals surface area contributed by atoms with Crippen LogP contribution in [0.5, 0.6) is 0 Å². The average molecular weight is 207 g/mol. The average Bonchev–Trinajstić information content (AvgIpc) is 2.72. The molecule has 5 nitrogen and oxygen atoms in total. The number of carbonyl (C=O) groups excluding carboxylic acids is 1. The molecule has 1 aromatic rings. The summed E-state index contributed by atoms with van der Waals surface area (Å²) in [6.07, 6.45) is 6.22. The molecule has 0 bridgehead atoms. The van der Waals surface area contributed by atoms with Crippen LogP contribution < -0.4 is 5.73 Å². The molecule has 2 N–H and O–H groups in total. The van der Waals surface area contributed by atoms with Crippen molar-refractivity contribution in [2.45, 2.75) is 18.9 Å². The second kappa shape index (κ2) is 3.76. The lowest BCUT2D eigenvalue weighted by atomic mass is 10.1. The number of nitrogens with two attached hydrogens (primary N) is 1. The van der Waals surface area contributed by atoms with Crippen LogP contribution in [0.4, 0.5) is 4.79 Å². The van der Waals surface area contributed by atoms with E-state index < -0.39 is 6.09 Å². The molecule has 15 heavy (non-hydrogen) atoms. The van der Waals surface area contributed by atoms with Crippen molar-refractivity contribution < 1.29 is 9.53 Å². The Morgan fingerprint density at radius 2 is 2.53 bits per heavy atom. The Labute approximate surface area is 87.5 Å². The first-order valence-corrected chi connectivity index (χ1v) is 4.78. The highest BCUT2D eigenvalue weighted by molar-refractivity contribution is 5.68. The topological polar surface area (TPSA) is 70.1 Å². The number of hydrogen-bond donors (Lipinski definition) is 1. The number of imidazole rings is 1. The normalized spacial score (nSPS) is 20.1. The number of nitrogens with zero attached hydrogens (tertiary/aromatic N) is 2. The fraction of sp³-hybridized carbons (Fsp3) is 0.400. The molecular formula is C10H13N3O2. The summed E-state index contributed by atoms with van der Waals surface area (Å²) in [5.74, 6) is 0. The van der Waals surface area contributed by atoms with Crippen LogP contribution >= 0.6 is 0 Å². The SMILES string of the molecule is Cn1cncc1C1=CCC(OC(N)=O)C1. The van der Waals surface area contributed by atoms with Crippen LogP contribution in [0.15, 0.2) is 18.6 Å². The van der Waals surface area contributed by atoms with E-state index in [1.807, 2.05) is 11.6 Å². The van der Waals surface area contributed by atoms with Gasteiger partial charge in [-0.05, 0) is 5.57 Å². The van der Waals surface area contributed by atoms with Gasteiger partial charge < -0.3 is 15.0 Å². The minimum Gasteiger partial charge on any atom is -0.446 e. The van der Waals surface area contributed by atoms with Gasteiger partial charge in [0.05, 0.1) is 18.2 Å². The first kappa shape index (κ1) is 9.76. The van der Waals surface area contributed by atoms with Gasteiger partial charge in [-0.3, -0.25) is 0 Å². The zero-order chi connectivity index (χ0) is 10.8. The predicted molar refractivity (Wildman–Crippen MR) is 54.9 cm³/mol. The Balaban J connectivity index is 2.04. The molecule has 0 saturated heterocycles. The minimum absolute atomic E-state index is 0.118. The van der Waals surface area contributed by atoms with Crippen LogP contribution in [0.1, 0.15) is 18.5 Å².